The van der Waals surface area contributed by atoms with Crippen LogP contribution < -0.4 is 15.8 Å². The van der Waals surface area contributed by atoms with E-state index >= 15 is 0 Å². The van der Waals surface area contributed by atoms with Gasteiger partial charge in [0.2, 0.25) is 5.91 Å². The van der Waals surface area contributed by atoms with Gasteiger partial charge in [-0.3, -0.25) is 19.5 Å². The number of nitrogens with two attached hydrogens (primary N) is 1. The van der Waals surface area contributed by atoms with Crippen molar-refractivity contribution in [2.75, 3.05) is 26.7 Å². The van der Waals surface area contributed by atoms with Gasteiger partial charge in [-0.15, -0.1) is 11.3 Å². The molecule has 0 atom stereocenters. The second-order valence-electron chi connectivity index (χ2n) is 11.1. The molecule has 2 aromatic carbocycles. The minimum absolute atomic E-state index is 0.129. The number of halogens is 3. The summed E-state index contributed by atoms with van der Waals surface area (Å²) in [4.78, 5) is 29.5. The van der Waals surface area contributed by atoms with Gasteiger partial charge in [-0.2, -0.15) is 17.5 Å². The Bertz CT molecular complexity index is 1790. The zero-order valence-corrected chi connectivity index (χ0v) is 28.7. The number of carbonyl (C=O) groups excluding carboxylic acids is 2. The molecule has 2 aromatic heterocycles. The average molecular weight is 718 g/mol. The Labute approximate surface area is 287 Å². The standard InChI is InChI=1S/C28H32F3N3O4S2.C6H6N2O/c1-3-33(19-20-7-9-22(10-8-20)28(29,30)31)23-13-15-34(16-14-23)40(36,37)26-12-11-25(39-26)18-32-27(35)21-5-4-6-24(17-21)38-2;7-6(9)5-2-1-3-8-4-5/h4-12,17,23H,3,13-16,18-19H2,1-2H3,(H,32,35);1-4H,(H2,7,9). The molecule has 2 amide bonds. The van der Waals surface area contributed by atoms with Crippen molar-refractivity contribution in [2.45, 2.75) is 49.3 Å². The highest BCUT2D eigenvalue weighted by molar-refractivity contribution is 7.91. The van der Waals surface area contributed by atoms with Crippen LogP contribution in [-0.4, -0.2) is 67.2 Å². The van der Waals surface area contributed by atoms with Gasteiger partial charge >= 0.3 is 6.18 Å². The fraction of sp³-hybridized carbons (Fsp3) is 0.324. The van der Waals surface area contributed by atoms with Crippen LogP contribution in [0.25, 0.3) is 0 Å². The molecule has 262 valence electrons. The fourth-order valence-corrected chi connectivity index (χ4v) is 8.16. The van der Waals surface area contributed by atoms with Gasteiger partial charge in [0.25, 0.3) is 15.9 Å². The third kappa shape index (κ3) is 10.3. The number of thiophene rings is 1. The normalized spacial score (nSPS) is 14.2. The number of pyridine rings is 1. The molecule has 0 bridgehead atoms. The number of primary amides is 1. The minimum atomic E-state index is -4.37. The molecule has 0 unspecified atom stereocenters. The molecular formula is C34H38F3N5O5S2. The van der Waals surface area contributed by atoms with Crippen LogP contribution in [0.3, 0.4) is 0 Å². The number of aromatic nitrogens is 1. The van der Waals surface area contributed by atoms with Gasteiger partial charge in [0.15, 0.2) is 0 Å². The van der Waals surface area contributed by atoms with Crippen molar-refractivity contribution in [1.82, 2.24) is 19.5 Å². The molecule has 10 nitrogen and oxygen atoms in total. The van der Waals surface area contributed by atoms with Crippen molar-refractivity contribution in [2.24, 2.45) is 5.73 Å². The molecule has 0 spiro atoms. The summed E-state index contributed by atoms with van der Waals surface area (Å²) >= 11 is 1.13. The van der Waals surface area contributed by atoms with E-state index in [-0.39, 0.29) is 22.7 Å². The van der Waals surface area contributed by atoms with Crippen LogP contribution in [0.5, 0.6) is 5.75 Å². The molecule has 1 aliphatic rings. The van der Waals surface area contributed by atoms with E-state index in [0.29, 0.717) is 55.9 Å². The van der Waals surface area contributed by atoms with Gasteiger partial charge in [0.05, 0.1) is 24.8 Å². The second kappa shape index (κ2) is 16.9. The molecule has 15 heteroatoms. The number of nitrogens with zero attached hydrogens (tertiary/aromatic N) is 3. The molecule has 0 saturated carbocycles. The number of hydrogen-bond donors (Lipinski definition) is 2. The Balaban J connectivity index is 0.000000520. The third-order valence-electron chi connectivity index (χ3n) is 7.95. The lowest BCUT2D eigenvalue weighted by atomic mass is 10.0. The zero-order valence-electron chi connectivity index (χ0n) is 27.0. The first-order valence-electron chi connectivity index (χ1n) is 15.4. The number of piperidine rings is 1. The van der Waals surface area contributed by atoms with E-state index in [2.05, 4.69) is 15.2 Å². The number of nitrogens with one attached hydrogen (secondary N) is 1. The number of carbonyl (C=O) groups is 2. The predicted octanol–water partition coefficient (Wildman–Crippen LogP) is 5.56. The van der Waals surface area contributed by atoms with Crippen LogP contribution in [0.1, 0.15) is 56.5 Å². The molecule has 0 radical (unpaired) electrons. The van der Waals surface area contributed by atoms with Gasteiger partial charge in [0, 0.05) is 48.5 Å². The van der Waals surface area contributed by atoms with Crippen LogP contribution >= 0.6 is 11.3 Å². The number of methoxy groups -OCH3 is 1. The van der Waals surface area contributed by atoms with E-state index in [0.717, 1.165) is 33.9 Å². The molecule has 5 rings (SSSR count). The summed E-state index contributed by atoms with van der Waals surface area (Å²) < 4.78 is 72.1. The van der Waals surface area contributed by atoms with Crippen LogP contribution in [0.2, 0.25) is 0 Å². The predicted molar refractivity (Wildman–Crippen MR) is 181 cm³/mol. The van der Waals surface area contributed by atoms with Gasteiger partial charge < -0.3 is 15.8 Å². The quantitative estimate of drug-likeness (QED) is 0.208. The van der Waals surface area contributed by atoms with Crippen molar-refractivity contribution >= 4 is 33.2 Å². The van der Waals surface area contributed by atoms with E-state index in [4.69, 9.17) is 10.5 Å². The van der Waals surface area contributed by atoms with Crippen molar-refractivity contribution in [3.63, 3.8) is 0 Å². The lowest BCUT2D eigenvalue weighted by Gasteiger charge is -2.37. The highest BCUT2D eigenvalue weighted by Crippen LogP contribution is 2.31. The summed E-state index contributed by atoms with van der Waals surface area (Å²) in [6.07, 6.45) is -0.0881. The number of hydrogen-bond acceptors (Lipinski definition) is 8. The van der Waals surface area contributed by atoms with Gasteiger partial charge in [-0.05, 0) is 79.5 Å². The maximum atomic E-state index is 13.3. The van der Waals surface area contributed by atoms with Crippen LogP contribution in [-0.2, 0) is 29.3 Å². The number of ether oxygens (including phenoxy) is 1. The maximum Gasteiger partial charge on any atom is 0.416 e. The summed E-state index contributed by atoms with van der Waals surface area (Å²) in [5.41, 5.74) is 5.94. The summed E-state index contributed by atoms with van der Waals surface area (Å²) in [5.74, 6) is -0.152. The summed E-state index contributed by atoms with van der Waals surface area (Å²) in [6.45, 7) is 4.11. The zero-order chi connectivity index (χ0) is 35.6. The van der Waals surface area contributed by atoms with Gasteiger partial charge in [-0.25, -0.2) is 8.42 Å². The Morgan fingerprint density at radius 1 is 1.04 bits per heavy atom. The Kier molecular flexibility index (Phi) is 12.9. The molecule has 3 N–H and O–H groups in total. The molecule has 49 heavy (non-hydrogen) atoms. The Morgan fingerprint density at radius 2 is 1.73 bits per heavy atom. The molecule has 1 saturated heterocycles. The van der Waals surface area contributed by atoms with Crippen LogP contribution in [0.15, 0.2) is 89.4 Å². The van der Waals surface area contributed by atoms with Gasteiger partial charge in [-0.1, -0.05) is 25.1 Å². The summed E-state index contributed by atoms with van der Waals surface area (Å²) in [7, 11) is -2.15. The molecular weight excluding hydrogens is 680 g/mol. The fourth-order valence-electron chi connectivity index (χ4n) is 5.24. The largest absolute Gasteiger partial charge is 0.497 e. The van der Waals surface area contributed by atoms with E-state index in [1.165, 1.54) is 29.7 Å². The first kappa shape index (κ1) is 37.5. The monoisotopic (exact) mass is 717 g/mol. The van der Waals surface area contributed by atoms with Crippen LogP contribution in [0, 0.1) is 0 Å². The van der Waals surface area contributed by atoms with Gasteiger partial charge in [0.1, 0.15) is 9.96 Å². The van der Waals surface area contributed by atoms with Crippen molar-refractivity contribution in [1.29, 1.82) is 0 Å². The molecule has 1 fully saturated rings. The number of benzene rings is 2. The number of sulfonamides is 1. The molecule has 4 aromatic rings. The van der Waals surface area contributed by atoms with Crippen molar-refractivity contribution < 1.29 is 35.9 Å². The third-order valence-corrected chi connectivity index (χ3v) is 11.4. The van der Waals surface area contributed by atoms with E-state index < -0.39 is 27.7 Å². The molecule has 0 aliphatic carbocycles. The topological polar surface area (TPSA) is 135 Å². The smallest absolute Gasteiger partial charge is 0.416 e. The van der Waals surface area contributed by atoms with E-state index in [9.17, 15) is 31.2 Å². The second-order valence-corrected chi connectivity index (χ2v) is 14.5. The molecule has 1 aliphatic heterocycles. The molecule has 3 heterocycles. The summed E-state index contributed by atoms with van der Waals surface area (Å²) in [6, 6.07) is 18.7. The minimum Gasteiger partial charge on any atom is -0.497 e. The first-order chi connectivity index (χ1) is 23.3. The highest BCUT2D eigenvalue weighted by atomic mass is 32.2. The van der Waals surface area contributed by atoms with E-state index in [1.54, 1.807) is 54.7 Å². The average Bonchev–Trinajstić information content (AvgIpc) is 3.60. The number of alkyl halides is 3. The SMILES string of the molecule is CCN(Cc1ccc(C(F)(F)F)cc1)C1CCN(S(=O)(=O)c2ccc(CNC(=O)c3cccc(OC)c3)s2)CC1.NC(=O)c1cccnc1. The summed E-state index contributed by atoms with van der Waals surface area (Å²) in [5, 5.41) is 2.81. The van der Waals surface area contributed by atoms with Crippen molar-refractivity contribution in [3.8, 4) is 5.75 Å². The van der Waals surface area contributed by atoms with E-state index in [1.807, 2.05) is 6.92 Å². The Morgan fingerprint density at radius 3 is 2.31 bits per heavy atom. The highest BCUT2D eigenvalue weighted by Gasteiger charge is 2.33. The number of rotatable bonds is 11. The lowest BCUT2D eigenvalue weighted by Crippen LogP contribution is -2.46. The van der Waals surface area contributed by atoms with Crippen LogP contribution in [0.4, 0.5) is 13.2 Å². The number of amides is 2. The Hall–Kier alpha value is -4.31. The lowest BCUT2D eigenvalue weighted by molar-refractivity contribution is -0.137. The maximum absolute atomic E-state index is 13.3. The van der Waals surface area contributed by atoms with Crippen molar-refractivity contribution in [3.05, 3.63) is 112 Å². The first-order valence-corrected chi connectivity index (χ1v) is 17.7.